The van der Waals surface area contributed by atoms with E-state index in [9.17, 15) is 9.59 Å². The first-order valence-corrected chi connectivity index (χ1v) is 12.9. The molecule has 0 aromatic heterocycles. The van der Waals surface area contributed by atoms with E-state index in [1.165, 1.54) is 18.4 Å². The summed E-state index contributed by atoms with van der Waals surface area (Å²) in [6.45, 7) is 0. The molecule has 0 spiro atoms. The number of benzene rings is 2. The summed E-state index contributed by atoms with van der Waals surface area (Å²) in [5, 5.41) is 0. The number of carbonyl (C=O) groups excluding carboxylic acids is 2. The highest BCUT2D eigenvalue weighted by Crippen LogP contribution is 2.59. The maximum Gasteiger partial charge on any atom is 0.238 e. The third-order valence-corrected chi connectivity index (χ3v) is 8.69. The molecule has 2 saturated carbocycles. The molecule has 2 fully saturated rings. The molecular weight excluding hydrogens is 484 g/mol. The van der Waals surface area contributed by atoms with Crippen molar-refractivity contribution in [3.8, 4) is 0 Å². The Hall–Kier alpha value is -2.05. The standard InChI is InChI=1S/C26H29BrN2O2S/c27-22-10-4-5-12-24(22)32-26(17-18-26)21(23(30)11-6-7-19-13-14-19)15-16-25(31)29-28-20-8-2-1-3-9-20/h1-5,7-10,12,21,28H,6,11,13-18H2,(H,29,31). The molecule has 4 rings (SSSR count). The summed E-state index contributed by atoms with van der Waals surface area (Å²) in [6, 6.07) is 17.7. The number of hydrogen-bond donors (Lipinski definition) is 2. The topological polar surface area (TPSA) is 58.2 Å². The Kier molecular flexibility index (Phi) is 7.74. The molecule has 0 saturated heterocycles. The summed E-state index contributed by atoms with van der Waals surface area (Å²) in [4.78, 5) is 27.0. The second-order valence-corrected chi connectivity index (χ2v) is 10.9. The second kappa shape index (κ2) is 10.7. The van der Waals surface area contributed by atoms with Crippen molar-refractivity contribution in [3.63, 3.8) is 0 Å². The molecule has 2 aliphatic rings. The van der Waals surface area contributed by atoms with E-state index >= 15 is 0 Å². The van der Waals surface area contributed by atoms with Crippen molar-refractivity contribution in [3.05, 3.63) is 70.7 Å². The third kappa shape index (κ3) is 6.48. The summed E-state index contributed by atoms with van der Waals surface area (Å²) in [6.07, 6.45) is 8.93. The lowest BCUT2D eigenvalue weighted by molar-refractivity contribution is -0.124. The molecule has 2 aromatic rings. The molecule has 2 aromatic carbocycles. The molecule has 0 aliphatic heterocycles. The Labute approximate surface area is 202 Å². The maximum atomic E-state index is 13.3. The zero-order valence-corrected chi connectivity index (χ0v) is 20.5. The smallest absolute Gasteiger partial charge is 0.238 e. The van der Waals surface area contributed by atoms with E-state index in [1.807, 2.05) is 48.5 Å². The van der Waals surface area contributed by atoms with Gasteiger partial charge in [0.2, 0.25) is 5.91 Å². The van der Waals surface area contributed by atoms with E-state index in [2.05, 4.69) is 38.9 Å². The predicted octanol–water partition coefficient (Wildman–Crippen LogP) is 6.68. The molecule has 0 radical (unpaired) electrons. The number of amides is 1. The molecule has 6 heteroatoms. The fourth-order valence-corrected chi connectivity index (χ4v) is 5.95. The van der Waals surface area contributed by atoms with E-state index in [1.54, 1.807) is 11.8 Å². The van der Waals surface area contributed by atoms with Crippen molar-refractivity contribution in [2.45, 2.75) is 61.0 Å². The monoisotopic (exact) mass is 512 g/mol. The number of allylic oxidation sites excluding steroid dienone is 2. The summed E-state index contributed by atoms with van der Waals surface area (Å²) < 4.78 is 0.964. The maximum absolute atomic E-state index is 13.3. The first kappa shape index (κ1) is 23.1. The van der Waals surface area contributed by atoms with Crippen LogP contribution < -0.4 is 10.9 Å². The van der Waals surface area contributed by atoms with Crippen molar-refractivity contribution in [2.24, 2.45) is 5.92 Å². The molecule has 0 heterocycles. The van der Waals surface area contributed by atoms with E-state index in [0.29, 0.717) is 25.0 Å². The van der Waals surface area contributed by atoms with Gasteiger partial charge in [-0.25, -0.2) is 0 Å². The lowest BCUT2D eigenvalue weighted by Crippen LogP contribution is -2.33. The minimum Gasteiger partial charge on any atom is -0.299 e. The van der Waals surface area contributed by atoms with Gasteiger partial charge in [0.15, 0.2) is 0 Å². The fraction of sp³-hybridized carbons (Fsp3) is 0.385. The van der Waals surface area contributed by atoms with Gasteiger partial charge in [0, 0.05) is 32.9 Å². The van der Waals surface area contributed by atoms with E-state index in [-0.39, 0.29) is 16.6 Å². The zero-order valence-electron chi connectivity index (χ0n) is 18.1. The number of para-hydroxylation sites is 1. The highest BCUT2D eigenvalue weighted by atomic mass is 79.9. The van der Waals surface area contributed by atoms with Crippen LogP contribution in [0.15, 0.2) is 75.6 Å². The van der Waals surface area contributed by atoms with Crippen molar-refractivity contribution in [1.29, 1.82) is 0 Å². The van der Waals surface area contributed by atoms with Gasteiger partial charge in [0.25, 0.3) is 0 Å². The SMILES string of the molecule is O=C(CCC(C(=O)CCC=C1CC1)C1(Sc2ccccc2Br)CC1)NNc1ccccc1. The number of hydrazine groups is 1. The van der Waals surface area contributed by atoms with Crippen molar-refractivity contribution >= 4 is 45.1 Å². The van der Waals surface area contributed by atoms with Gasteiger partial charge in [-0.3, -0.25) is 20.4 Å². The molecular formula is C26H29BrN2O2S. The molecule has 0 bridgehead atoms. The van der Waals surface area contributed by atoms with E-state index in [0.717, 1.165) is 34.3 Å². The van der Waals surface area contributed by atoms with E-state index in [4.69, 9.17) is 0 Å². The van der Waals surface area contributed by atoms with Crippen LogP contribution in [0.3, 0.4) is 0 Å². The first-order valence-electron chi connectivity index (χ1n) is 11.3. The third-order valence-electron chi connectivity index (χ3n) is 6.06. The molecule has 2 N–H and O–H groups in total. The average molecular weight is 514 g/mol. The van der Waals surface area contributed by atoms with Crippen LogP contribution >= 0.6 is 27.7 Å². The molecule has 2 aliphatic carbocycles. The lowest BCUT2D eigenvalue weighted by atomic mass is 9.90. The molecule has 32 heavy (non-hydrogen) atoms. The van der Waals surface area contributed by atoms with Crippen LogP contribution in [0.5, 0.6) is 0 Å². The average Bonchev–Trinajstić information content (AvgIpc) is 3.72. The molecule has 1 atom stereocenters. The minimum atomic E-state index is -0.111. The number of carbonyl (C=O) groups is 2. The summed E-state index contributed by atoms with van der Waals surface area (Å²) in [5.41, 5.74) is 8.03. The van der Waals surface area contributed by atoms with Gasteiger partial charge in [-0.2, -0.15) is 0 Å². The van der Waals surface area contributed by atoms with Gasteiger partial charge in [0.1, 0.15) is 5.78 Å². The number of anilines is 1. The Morgan fingerprint density at radius 1 is 1.03 bits per heavy atom. The number of Topliss-reactive ketones (excluding diaryl/α,β-unsaturated/α-hetero) is 1. The van der Waals surface area contributed by atoms with Gasteiger partial charge < -0.3 is 0 Å². The van der Waals surface area contributed by atoms with Crippen LogP contribution in [-0.4, -0.2) is 16.4 Å². The number of thioether (sulfide) groups is 1. The number of rotatable bonds is 12. The Morgan fingerprint density at radius 3 is 2.44 bits per heavy atom. The first-order chi connectivity index (χ1) is 15.6. The number of halogens is 1. The molecule has 168 valence electrons. The molecule has 1 unspecified atom stereocenters. The predicted molar refractivity (Wildman–Crippen MR) is 134 cm³/mol. The molecule has 1 amide bonds. The van der Waals surface area contributed by atoms with Crippen LogP contribution in [0.4, 0.5) is 5.69 Å². The zero-order chi connectivity index (χ0) is 22.4. The summed E-state index contributed by atoms with van der Waals surface area (Å²) in [7, 11) is 0. The Balaban J connectivity index is 1.39. The normalized spacial score (nSPS) is 16.7. The quantitative estimate of drug-likeness (QED) is 0.246. The van der Waals surface area contributed by atoms with Gasteiger partial charge in [-0.1, -0.05) is 42.0 Å². The van der Waals surface area contributed by atoms with Crippen LogP contribution in [0.1, 0.15) is 51.4 Å². The number of hydrogen-bond acceptors (Lipinski definition) is 4. The fourth-order valence-electron chi connectivity index (χ4n) is 3.98. The molecule has 4 nitrogen and oxygen atoms in total. The van der Waals surface area contributed by atoms with Gasteiger partial charge in [0.05, 0.1) is 5.69 Å². The van der Waals surface area contributed by atoms with Crippen LogP contribution in [-0.2, 0) is 9.59 Å². The highest BCUT2D eigenvalue weighted by Gasteiger charge is 2.52. The largest absolute Gasteiger partial charge is 0.299 e. The van der Waals surface area contributed by atoms with Gasteiger partial charge in [-0.15, -0.1) is 11.8 Å². The number of ketones is 1. The van der Waals surface area contributed by atoms with E-state index < -0.39 is 0 Å². The van der Waals surface area contributed by atoms with Crippen LogP contribution in [0.25, 0.3) is 0 Å². The highest BCUT2D eigenvalue weighted by molar-refractivity contribution is 9.10. The van der Waals surface area contributed by atoms with Gasteiger partial charge in [-0.05, 0) is 78.7 Å². The van der Waals surface area contributed by atoms with Crippen LogP contribution in [0, 0.1) is 5.92 Å². The number of nitrogens with one attached hydrogen (secondary N) is 2. The Bertz CT molecular complexity index is 982. The second-order valence-electron chi connectivity index (χ2n) is 8.60. The summed E-state index contributed by atoms with van der Waals surface area (Å²) >= 11 is 5.45. The van der Waals surface area contributed by atoms with Crippen molar-refractivity contribution < 1.29 is 9.59 Å². The lowest BCUT2D eigenvalue weighted by Gasteiger charge is -2.26. The van der Waals surface area contributed by atoms with Crippen LogP contribution in [0.2, 0.25) is 0 Å². The summed E-state index contributed by atoms with van der Waals surface area (Å²) in [5.74, 6) is 0.0940. The Morgan fingerprint density at radius 2 is 1.75 bits per heavy atom. The van der Waals surface area contributed by atoms with Gasteiger partial charge >= 0.3 is 0 Å². The minimum absolute atomic E-state index is 0.0894. The van der Waals surface area contributed by atoms with Crippen molar-refractivity contribution in [1.82, 2.24) is 5.43 Å². The van der Waals surface area contributed by atoms with Crippen molar-refractivity contribution in [2.75, 3.05) is 5.43 Å².